The van der Waals surface area contributed by atoms with Crippen molar-refractivity contribution in [1.82, 2.24) is 4.98 Å². The fourth-order valence-corrected chi connectivity index (χ4v) is 2.00. The third-order valence-electron chi connectivity index (χ3n) is 2.92. The lowest BCUT2D eigenvalue weighted by molar-refractivity contribution is 0.0844. The molecule has 1 aliphatic rings. The maximum Gasteiger partial charge on any atom is 0.140 e. The summed E-state index contributed by atoms with van der Waals surface area (Å²) in [5.74, 6) is 1.43. The maximum absolute atomic E-state index is 5.34. The zero-order chi connectivity index (χ0) is 10.7. The molecule has 0 radical (unpaired) electrons. The van der Waals surface area contributed by atoms with Crippen molar-refractivity contribution in [3.05, 3.63) is 23.5 Å². The first-order valence-electron chi connectivity index (χ1n) is 5.40. The number of aryl methyl sites for hydroxylation is 1. The van der Waals surface area contributed by atoms with Crippen molar-refractivity contribution in [2.75, 3.05) is 20.3 Å². The lowest BCUT2D eigenvalue weighted by atomic mass is 9.96. The van der Waals surface area contributed by atoms with Gasteiger partial charge in [0.15, 0.2) is 0 Å². The highest BCUT2D eigenvalue weighted by Gasteiger charge is 2.17. The van der Waals surface area contributed by atoms with Crippen LogP contribution < -0.4 is 4.74 Å². The van der Waals surface area contributed by atoms with Gasteiger partial charge >= 0.3 is 0 Å². The summed E-state index contributed by atoms with van der Waals surface area (Å²) < 4.78 is 10.5. The van der Waals surface area contributed by atoms with E-state index in [0.717, 1.165) is 37.5 Å². The van der Waals surface area contributed by atoms with E-state index in [1.807, 2.05) is 13.0 Å². The van der Waals surface area contributed by atoms with Gasteiger partial charge in [0, 0.05) is 24.8 Å². The van der Waals surface area contributed by atoms with Gasteiger partial charge < -0.3 is 9.47 Å². The van der Waals surface area contributed by atoms with Crippen LogP contribution in [-0.2, 0) is 4.74 Å². The lowest BCUT2D eigenvalue weighted by Crippen LogP contribution is -2.15. The summed E-state index contributed by atoms with van der Waals surface area (Å²) in [5.41, 5.74) is 2.15. The standard InChI is InChI=1S/C12H17NO2/c1-9-12(14-2)4-3-11(13-9)10-5-7-15-8-6-10/h3-4,10H,5-8H2,1-2H3. The Kier molecular flexibility index (Phi) is 3.21. The predicted molar refractivity (Wildman–Crippen MR) is 58.3 cm³/mol. The molecular weight excluding hydrogens is 190 g/mol. The van der Waals surface area contributed by atoms with Crippen LogP contribution in [0.4, 0.5) is 0 Å². The van der Waals surface area contributed by atoms with Crippen LogP contribution in [0.15, 0.2) is 12.1 Å². The molecule has 0 N–H and O–H groups in total. The Bertz CT molecular complexity index is 332. The second-order valence-electron chi connectivity index (χ2n) is 3.91. The second kappa shape index (κ2) is 4.62. The third kappa shape index (κ3) is 2.29. The van der Waals surface area contributed by atoms with Gasteiger partial charge in [-0.25, -0.2) is 0 Å². The maximum atomic E-state index is 5.34. The molecule has 0 bridgehead atoms. The van der Waals surface area contributed by atoms with E-state index in [1.165, 1.54) is 5.69 Å². The van der Waals surface area contributed by atoms with E-state index in [0.29, 0.717) is 5.92 Å². The average molecular weight is 207 g/mol. The lowest BCUT2D eigenvalue weighted by Gasteiger charge is -2.22. The van der Waals surface area contributed by atoms with E-state index >= 15 is 0 Å². The van der Waals surface area contributed by atoms with Crippen LogP contribution in [0.25, 0.3) is 0 Å². The van der Waals surface area contributed by atoms with E-state index in [9.17, 15) is 0 Å². The van der Waals surface area contributed by atoms with Gasteiger partial charge in [-0.1, -0.05) is 0 Å². The Hall–Kier alpha value is -1.09. The summed E-state index contributed by atoms with van der Waals surface area (Å²) in [4.78, 5) is 4.59. The van der Waals surface area contributed by atoms with Crippen molar-refractivity contribution in [3.8, 4) is 5.75 Å². The SMILES string of the molecule is COc1ccc(C2CCOCC2)nc1C. The Labute approximate surface area is 90.4 Å². The molecule has 0 atom stereocenters. The van der Waals surface area contributed by atoms with Crippen molar-refractivity contribution >= 4 is 0 Å². The molecule has 3 heteroatoms. The van der Waals surface area contributed by atoms with Gasteiger partial charge in [-0.3, -0.25) is 4.98 Å². The molecule has 2 rings (SSSR count). The minimum absolute atomic E-state index is 0.559. The van der Waals surface area contributed by atoms with Crippen LogP contribution >= 0.6 is 0 Å². The normalized spacial score (nSPS) is 17.7. The number of ether oxygens (including phenoxy) is 2. The van der Waals surface area contributed by atoms with Gasteiger partial charge in [-0.05, 0) is 31.9 Å². The molecule has 0 amide bonds. The van der Waals surface area contributed by atoms with E-state index in [1.54, 1.807) is 7.11 Å². The predicted octanol–water partition coefficient (Wildman–Crippen LogP) is 2.29. The van der Waals surface area contributed by atoms with Crippen LogP contribution in [-0.4, -0.2) is 25.3 Å². The summed E-state index contributed by atoms with van der Waals surface area (Å²) >= 11 is 0. The van der Waals surface area contributed by atoms with Crippen molar-refractivity contribution in [1.29, 1.82) is 0 Å². The van der Waals surface area contributed by atoms with E-state index in [-0.39, 0.29) is 0 Å². The number of pyridine rings is 1. The zero-order valence-corrected chi connectivity index (χ0v) is 9.32. The molecule has 3 nitrogen and oxygen atoms in total. The molecule has 1 aromatic rings. The van der Waals surface area contributed by atoms with Crippen LogP contribution in [0, 0.1) is 6.92 Å². The number of aromatic nitrogens is 1. The fourth-order valence-electron chi connectivity index (χ4n) is 2.00. The van der Waals surface area contributed by atoms with Gasteiger partial charge in [0.2, 0.25) is 0 Å². The molecule has 1 saturated heterocycles. The van der Waals surface area contributed by atoms with Crippen molar-refractivity contribution in [2.24, 2.45) is 0 Å². The van der Waals surface area contributed by atoms with E-state index in [2.05, 4.69) is 11.1 Å². The summed E-state index contributed by atoms with van der Waals surface area (Å²) in [6, 6.07) is 4.08. The third-order valence-corrected chi connectivity index (χ3v) is 2.92. The Morgan fingerprint density at radius 1 is 1.33 bits per heavy atom. The minimum atomic E-state index is 0.559. The minimum Gasteiger partial charge on any atom is -0.495 e. The highest BCUT2D eigenvalue weighted by molar-refractivity contribution is 5.29. The molecule has 0 aliphatic carbocycles. The number of methoxy groups -OCH3 is 1. The van der Waals surface area contributed by atoms with Crippen LogP contribution in [0.5, 0.6) is 5.75 Å². The molecule has 0 saturated carbocycles. The van der Waals surface area contributed by atoms with Crippen LogP contribution in [0.3, 0.4) is 0 Å². The highest BCUT2D eigenvalue weighted by atomic mass is 16.5. The topological polar surface area (TPSA) is 31.4 Å². The Morgan fingerprint density at radius 2 is 2.07 bits per heavy atom. The highest BCUT2D eigenvalue weighted by Crippen LogP contribution is 2.27. The molecule has 0 unspecified atom stereocenters. The molecule has 82 valence electrons. The number of nitrogens with zero attached hydrogens (tertiary/aromatic N) is 1. The van der Waals surface area contributed by atoms with Gasteiger partial charge in [-0.2, -0.15) is 0 Å². The zero-order valence-electron chi connectivity index (χ0n) is 9.32. The molecule has 0 aromatic carbocycles. The van der Waals surface area contributed by atoms with Gasteiger partial charge in [0.25, 0.3) is 0 Å². The summed E-state index contributed by atoms with van der Waals surface area (Å²) in [5, 5.41) is 0. The van der Waals surface area contributed by atoms with Crippen LogP contribution in [0.1, 0.15) is 30.1 Å². The first-order chi connectivity index (χ1) is 7.31. The van der Waals surface area contributed by atoms with E-state index < -0.39 is 0 Å². The van der Waals surface area contributed by atoms with Crippen molar-refractivity contribution in [3.63, 3.8) is 0 Å². The summed E-state index contributed by atoms with van der Waals surface area (Å²) in [7, 11) is 1.68. The van der Waals surface area contributed by atoms with Crippen LogP contribution in [0.2, 0.25) is 0 Å². The smallest absolute Gasteiger partial charge is 0.140 e. The van der Waals surface area contributed by atoms with Gasteiger partial charge in [0.1, 0.15) is 5.75 Å². The quantitative estimate of drug-likeness (QED) is 0.745. The van der Waals surface area contributed by atoms with Gasteiger partial charge in [-0.15, -0.1) is 0 Å². The Morgan fingerprint density at radius 3 is 2.67 bits per heavy atom. The Balaban J connectivity index is 2.17. The molecule has 1 aliphatic heterocycles. The molecule has 15 heavy (non-hydrogen) atoms. The largest absolute Gasteiger partial charge is 0.495 e. The van der Waals surface area contributed by atoms with E-state index in [4.69, 9.17) is 9.47 Å². The molecular formula is C12H17NO2. The molecule has 2 heterocycles. The number of hydrogen-bond donors (Lipinski definition) is 0. The fraction of sp³-hybridized carbons (Fsp3) is 0.583. The second-order valence-corrected chi connectivity index (χ2v) is 3.91. The molecule has 1 fully saturated rings. The first kappa shape index (κ1) is 10.4. The van der Waals surface area contributed by atoms with Crippen molar-refractivity contribution in [2.45, 2.75) is 25.7 Å². The summed E-state index contributed by atoms with van der Waals surface area (Å²) in [6.07, 6.45) is 2.16. The average Bonchev–Trinajstić information content (AvgIpc) is 2.30. The number of rotatable bonds is 2. The number of hydrogen-bond acceptors (Lipinski definition) is 3. The first-order valence-corrected chi connectivity index (χ1v) is 5.40. The molecule has 1 aromatic heterocycles. The monoisotopic (exact) mass is 207 g/mol. The summed E-state index contributed by atoms with van der Waals surface area (Å²) in [6.45, 7) is 3.70. The van der Waals surface area contributed by atoms with Gasteiger partial charge in [0.05, 0.1) is 12.8 Å². The van der Waals surface area contributed by atoms with Crippen molar-refractivity contribution < 1.29 is 9.47 Å². The molecule has 0 spiro atoms.